The number of rotatable bonds is 4. The maximum Gasteiger partial charge on any atom is 0.290 e. The van der Waals surface area contributed by atoms with Crippen LogP contribution in [0.1, 0.15) is 12.0 Å². The number of allylic oxidation sites excluding steroid dienone is 1. The first-order chi connectivity index (χ1) is 6.50. The van der Waals surface area contributed by atoms with Crippen LogP contribution >= 0.6 is 0 Å². The minimum atomic E-state index is -4.07. The van der Waals surface area contributed by atoms with Crippen molar-refractivity contribution in [2.24, 2.45) is 0 Å². The second kappa shape index (κ2) is 4.39. The highest BCUT2D eigenvalue weighted by molar-refractivity contribution is 7.89. The van der Waals surface area contributed by atoms with Gasteiger partial charge in [-0.2, -0.15) is 8.42 Å². The minimum absolute atomic E-state index is 0.138. The molecule has 0 spiro atoms. The minimum Gasteiger partial charge on any atom is -0.282 e. The molecule has 1 rings (SSSR count). The van der Waals surface area contributed by atoms with Gasteiger partial charge in [-0.3, -0.25) is 4.55 Å². The van der Waals surface area contributed by atoms with E-state index >= 15 is 0 Å². The summed E-state index contributed by atoms with van der Waals surface area (Å²) >= 11 is 0. The van der Waals surface area contributed by atoms with Gasteiger partial charge in [0.2, 0.25) is 0 Å². The Hall–Kier alpha value is -1.13. The summed E-state index contributed by atoms with van der Waals surface area (Å²) in [4.78, 5) is -0.138. The highest BCUT2D eigenvalue weighted by Gasteiger charge is 2.09. The van der Waals surface area contributed by atoms with Crippen LogP contribution in [0.3, 0.4) is 0 Å². The Kier molecular flexibility index (Phi) is 3.43. The first-order valence-electron chi connectivity index (χ1n) is 4.19. The lowest BCUT2D eigenvalue weighted by Crippen LogP contribution is -2.01. The van der Waals surface area contributed by atoms with Crippen molar-refractivity contribution in [1.82, 2.24) is 0 Å². The molecule has 0 radical (unpaired) electrons. The molecule has 0 amide bonds. The number of hydrogen-bond donors (Lipinski definition) is 1. The molecule has 0 aliphatic rings. The van der Waals surface area contributed by atoms with E-state index in [1.54, 1.807) is 0 Å². The standard InChI is InChI=1S/C10H12O3S/c1-9(14(11,12)13)7-8-10-5-3-2-4-6-10/h2-6H,1,7-8H2,(H,11,12,13). The molecule has 0 unspecified atom stereocenters. The average molecular weight is 212 g/mol. The first-order valence-corrected chi connectivity index (χ1v) is 5.63. The lowest BCUT2D eigenvalue weighted by molar-refractivity contribution is 0.489. The van der Waals surface area contributed by atoms with E-state index in [2.05, 4.69) is 6.58 Å². The summed E-state index contributed by atoms with van der Waals surface area (Å²) < 4.78 is 29.9. The molecule has 0 bridgehead atoms. The van der Waals surface area contributed by atoms with Crippen LogP contribution < -0.4 is 0 Å². The van der Waals surface area contributed by atoms with Crippen molar-refractivity contribution >= 4 is 10.1 Å². The van der Waals surface area contributed by atoms with Gasteiger partial charge in [-0.1, -0.05) is 36.9 Å². The molecule has 0 atom stereocenters. The smallest absolute Gasteiger partial charge is 0.282 e. The first kappa shape index (κ1) is 10.9. The van der Waals surface area contributed by atoms with Crippen LogP contribution in [-0.4, -0.2) is 13.0 Å². The fourth-order valence-electron chi connectivity index (χ4n) is 1.06. The Labute approximate surface area is 83.8 Å². The van der Waals surface area contributed by atoms with E-state index in [9.17, 15) is 8.42 Å². The van der Waals surface area contributed by atoms with E-state index in [4.69, 9.17) is 4.55 Å². The Balaban J connectivity index is 2.55. The van der Waals surface area contributed by atoms with Crippen molar-refractivity contribution in [3.05, 3.63) is 47.4 Å². The molecule has 1 aromatic carbocycles. The van der Waals surface area contributed by atoms with Gasteiger partial charge in [-0.25, -0.2) is 0 Å². The van der Waals surface area contributed by atoms with E-state index in [-0.39, 0.29) is 11.3 Å². The largest absolute Gasteiger partial charge is 0.290 e. The quantitative estimate of drug-likeness (QED) is 0.777. The van der Waals surface area contributed by atoms with Gasteiger partial charge in [0.05, 0.1) is 4.91 Å². The van der Waals surface area contributed by atoms with Gasteiger partial charge in [0.25, 0.3) is 10.1 Å². The molecule has 0 heterocycles. The summed E-state index contributed by atoms with van der Waals surface area (Å²) in [6.45, 7) is 3.30. The Morgan fingerprint density at radius 1 is 1.29 bits per heavy atom. The van der Waals surface area contributed by atoms with Gasteiger partial charge in [-0.05, 0) is 18.4 Å². The van der Waals surface area contributed by atoms with E-state index in [0.717, 1.165) is 5.56 Å². The summed E-state index contributed by atoms with van der Waals surface area (Å²) in [5, 5.41) is 0. The zero-order valence-corrected chi connectivity index (χ0v) is 8.50. The third-order valence-electron chi connectivity index (χ3n) is 1.90. The van der Waals surface area contributed by atoms with Crippen LogP contribution in [0.25, 0.3) is 0 Å². The molecular formula is C10H12O3S. The Bertz CT molecular complexity index is 406. The number of aryl methyl sites for hydroxylation is 1. The molecule has 76 valence electrons. The summed E-state index contributed by atoms with van der Waals surface area (Å²) in [7, 11) is -4.07. The lowest BCUT2D eigenvalue weighted by Gasteiger charge is -2.01. The van der Waals surface area contributed by atoms with Crippen LogP contribution in [-0.2, 0) is 16.5 Å². The van der Waals surface area contributed by atoms with Crippen LogP contribution in [0, 0.1) is 0 Å². The number of hydrogen-bond acceptors (Lipinski definition) is 2. The predicted octanol–water partition coefficient (Wildman–Crippen LogP) is 2.02. The van der Waals surface area contributed by atoms with Crippen LogP contribution in [0.15, 0.2) is 41.8 Å². The van der Waals surface area contributed by atoms with Crippen LogP contribution in [0.4, 0.5) is 0 Å². The lowest BCUT2D eigenvalue weighted by atomic mass is 10.1. The summed E-state index contributed by atoms with van der Waals surface area (Å²) in [6.07, 6.45) is 0.822. The van der Waals surface area contributed by atoms with Gasteiger partial charge in [0, 0.05) is 0 Å². The summed E-state index contributed by atoms with van der Waals surface area (Å²) in [5.74, 6) is 0. The molecule has 14 heavy (non-hydrogen) atoms. The van der Waals surface area contributed by atoms with E-state index in [0.29, 0.717) is 6.42 Å². The van der Waals surface area contributed by atoms with E-state index < -0.39 is 10.1 Å². The van der Waals surface area contributed by atoms with Crippen LogP contribution in [0.5, 0.6) is 0 Å². The third kappa shape index (κ3) is 3.32. The van der Waals surface area contributed by atoms with Crippen molar-refractivity contribution in [2.75, 3.05) is 0 Å². The zero-order valence-electron chi connectivity index (χ0n) is 7.68. The summed E-state index contributed by atoms with van der Waals surface area (Å²) in [5.41, 5.74) is 1.03. The molecule has 0 saturated heterocycles. The second-order valence-corrected chi connectivity index (χ2v) is 4.53. The van der Waals surface area contributed by atoms with Crippen molar-refractivity contribution in [2.45, 2.75) is 12.8 Å². The van der Waals surface area contributed by atoms with Crippen molar-refractivity contribution in [3.63, 3.8) is 0 Å². The maximum atomic E-state index is 10.6. The molecule has 1 N–H and O–H groups in total. The highest BCUT2D eigenvalue weighted by atomic mass is 32.2. The summed E-state index contributed by atoms with van der Waals surface area (Å²) in [6, 6.07) is 9.45. The highest BCUT2D eigenvalue weighted by Crippen LogP contribution is 2.11. The SMILES string of the molecule is C=C(CCc1ccccc1)S(=O)(=O)O. The van der Waals surface area contributed by atoms with E-state index in [1.807, 2.05) is 30.3 Å². The average Bonchev–Trinajstić information content (AvgIpc) is 2.14. The molecule has 0 saturated carbocycles. The maximum absolute atomic E-state index is 10.6. The number of benzene rings is 1. The fraction of sp³-hybridized carbons (Fsp3) is 0.200. The Morgan fingerprint density at radius 2 is 1.86 bits per heavy atom. The van der Waals surface area contributed by atoms with Crippen molar-refractivity contribution < 1.29 is 13.0 Å². The molecule has 1 aromatic rings. The molecule has 3 nitrogen and oxygen atoms in total. The molecule has 0 aromatic heterocycles. The predicted molar refractivity (Wildman–Crippen MR) is 55.5 cm³/mol. The zero-order chi connectivity index (χ0) is 10.6. The van der Waals surface area contributed by atoms with Gasteiger partial charge in [-0.15, -0.1) is 0 Å². The molecule has 0 aliphatic heterocycles. The van der Waals surface area contributed by atoms with Crippen LogP contribution in [0.2, 0.25) is 0 Å². The van der Waals surface area contributed by atoms with Crippen molar-refractivity contribution in [1.29, 1.82) is 0 Å². The van der Waals surface area contributed by atoms with Gasteiger partial charge >= 0.3 is 0 Å². The third-order valence-corrected chi connectivity index (χ3v) is 2.83. The van der Waals surface area contributed by atoms with Gasteiger partial charge < -0.3 is 0 Å². The van der Waals surface area contributed by atoms with Gasteiger partial charge in [0.1, 0.15) is 0 Å². The monoisotopic (exact) mass is 212 g/mol. The molecular weight excluding hydrogens is 200 g/mol. The van der Waals surface area contributed by atoms with Gasteiger partial charge in [0.15, 0.2) is 0 Å². The fourth-order valence-corrected chi connectivity index (χ4v) is 1.42. The Morgan fingerprint density at radius 3 is 2.36 bits per heavy atom. The van der Waals surface area contributed by atoms with Crippen molar-refractivity contribution in [3.8, 4) is 0 Å². The normalized spacial score (nSPS) is 11.2. The van der Waals surface area contributed by atoms with E-state index in [1.165, 1.54) is 0 Å². The topological polar surface area (TPSA) is 54.4 Å². The second-order valence-electron chi connectivity index (χ2n) is 3.00. The molecule has 0 fully saturated rings. The molecule has 0 aliphatic carbocycles. The molecule has 4 heteroatoms.